The van der Waals surface area contributed by atoms with Gasteiger partial charge in [-0.05, 0) is 56.7 Å². The summed E-state index contributed by atoms with van der Waals surface area (Å²) >= 11 is 0. The number of imide groups is 1. The molecule has 1 aromatic carbocycles. The number of Topliss-reactive ketones (excluding diaryl/α,β-unsaturated/α-hetero) is 1. The van der Waals surface area contributed by atoms with Gasteiger partial charge in [-0.3, -0.25) is 14.5 Å². The van der Waals surface area contributed by atoms with E-state index in [9.17, 15) is 14.4 Å². The zero-order valence-electron chi connectivity index (χ0n) is 14.9. The highest BCUT2D eigenvalue weighted by Crippen LogP contribution is 2.37. The highest BCUT2D eigenvalue weighted by Gasteiger charge is 2.52. The van der Waals surface area contributed by atoms with Crippen LogP contribution in [0.25, 0.3) is 0 Å². The van der Waals surface area contributed by atoms with Crippen LogP contribution >= 0.6 is 0 Å². The summed E-state index contributed by atoms with van der Waals surface area (Å²) in [6.45, 7) is 3.76. The summed E-state index contributed by atoms with van der Waals surface area (Å²) in [6.07, 6.45) is 3.23. The lowest BCUT2D eigenvalue weighted by Crippen LogP contribution is -2.49. The van der Waals surface area contributed by atoms with Crippen molar-refractivity contribution in [1.29, 1.82) is 0 Å². The molecule has 1 aliphatic carbocycles. The predicted molar refractivity (Wildman–Crippen MR) is 92.4 cm³/mol. The lowest BCUT2D eigenvalue weighted by atomic mass is 9.77. The lowest BCUT2D eigenvalue weighted by molar-refractivity contribution is -0.133. The third-order valence-electron chi connectivity index (χ3n) is 5.39. The van der Waals surface area contributed by atoms with Gasteiger partial charge < -0.3 is 10.1 Å². The van der Waals surface area contributed by atoms with Crippen molar-refractivity contribution in [2.75, 3.05) is 7.11 Å². The number of carbonyl (C=O) groups is 3. The Bertz CT molecular complexity index is 720. The number of rotatable bonds is 4. The molecule has 6 nitrogen and oxygen atoms in total. The fourth-order valence-electron chi connectivity index (χ4n) is 3.71. The van der Waals surface area contributed by atoms with Crippen LogP contribution in [0.1, 0.15) is 55.5 Å². The molecule has 1 aliphatic heterocycles. The molecule has 0 bridgehead atoms. The monoisotopic (exact) mass is 344 g/mol. The summed E-state index contributed by atoms with van der Waals surface area (Å²) in [4.78, 5) is 38.3. The first-order chi connectivity index (χ1) is 11.9. The van der Waals surface area contributed by atoms with E-state index in [1.807, 2.05) is 0 Å². The SMILES string of the molecule is COc1ccc(C(C)=O)cc1CN1C(=O)NC2(CCC(C)CC2)C1=O. The fourth-order valence-corrected chi connectivity index (χ4v) is 3.71. The molecule has 3 amide bonds. The number of hydrogen-bond donors (Lipinski definition) is 1. The third-order valence-corrected chi connectivity index (χ3v) is 5.39. The van der Waals surface area contributed by atoms with Crippen molar-refractivity contribution < 1.29 is 19.1 Å². The molecule has 0 radical (unpaired) electrons. The van der Waals surface area contributed by atoms with Crippen molar-refractivity contribution in [1.82, 2.24) is 10.2 Å². The zero-order valence-corrected chi connectivity index (χ0v) is 14.9. The van der Waals surface area contributed by atoms with Crippen LogP contribution in [0.15, 0.2) is 18.2 Å². The maximum atomic E-state index is 13.0. The van der Waals surface area contributed by atoms with E-state index >= 15 is 0 Å². The first-order valence-corrected chi connectivity index (χ1v) is 8.68. The average molecular weight is 344 g/mol. The van der Waals surface area contributed by atoms with Crippen LogP contribution in [0.4, 0.5) is 4.79 Å². The predicted octanol–water partition coefficient (Wildman–Crippen LogP) is 2.90. The zero-order chi connectivity index (χ0) is 18.2. The van der Waals surface area contributed by atoms with Gasteiger partial charge in [-0.2, -0.15) is 0 Å². The van der Waals surface area contributed by atoms with Crippen molar-refractivity contribution in [3.05, 3.63) is 29.3 Å². The van der Waals surface area contributed by atoms with E-state index in [1.54, 1.807) is 18.2 Å². The van der Waals surface area contributed by atoms with Gasteiger partial charge in [0.05, 0.1) is 13.7 Å². The van der Waals surface area contributed by atoms with Crippen LogP contribution in [0.5, 0.6) is 5.75 Å². The molecular formula is C19H24N2O4. The number of amides is 3. The standard InChI is InChI=1S/C19H24N2O4/c1-12-6-8-19(9-7-12)17(23)21(18(24)20-19)11-15-10-14(13(2)22)4-5-16(15)25-3/h4-5,10,12H,6-9,11H2,1-3H3,(H,20,24). The largest absolute Gasteiger partial charge is 0.496 e. The quantitative estimate of drug-likeness (QED) is 0.673. The van der Waals surface area contributed by atoms with Gasteiger partial charge in [0.15, 0.2) is 5.78 Å². The van der Waals surface area contributed by atoms with Gasteiger partial charge in [0.25, 0.3) is 5.91 Å². The summed E-state index contributed by atoms with van der Waals surface area (Å²) in [6, 6.07) is 4.70. The summed E-state index contributed by atoms with van der Waals surface area (Å²) in [7, 11) is 1.53. The van der Waals surface area contributed by atoms with E-state index in [-0.39, 0.29) is 24.3 Å². The molecule has 0 atom stereocenters. The van der Waals surface area contributed by atoms with Crippen molar-refractivity contribution in [3.8, 4) is 5.75 Å². The number of methoxy groups -OCH3 is 1. The minimum Gasteiger partial charge on any atom is -0.496 e. The Kier molecular flexibility index (Phi) is 4.54. The minimum atomic E-state index is -0.755. The molecule has 1 spiro atoms. The van der Waals surface area contributed by atoms with Gasteiger partial charge in [-0.15, -0.1) is 0 Å². The van der Waals surface area contributed by atoms with Crippen LogP contribution in [0, 0.1) is 5.92 Å². The molecule has 1 saturated heterocycles. The molecular weight excluding hydrogens is 320 g/mol. The highest BCUT2D eigenvalue weighted by molar-refractivity contribution is 6.07. The number of nitrogens with one attached hydrogen (secondary N) is 1. The van der Waals surface area contributed by atoms with Crippen molar-refractivity contribution >= 4 is 17.7 Å². The normalized spacial score (nSPS) is 26.0. The van der Waals surface area contributed by atoms with Gasteiger partial charge in [0.1, 0.15) is 11.3 Å². The van der Waals surface area contributed by atoms with Crippen LogP contribution < -0.4 is 10.1 Å². The summed E-state index contributed by atoms with van der Waals surface area (Å²) < 4.78 is 5.33. The van der Waals surface area contributed by atoms with E-state index in [0.29, 0.717) is 35.6 Å². The number of carbonyl (C=O) groups excluding carboxylic acids is 3. The summed E-state index contributed by atoms with van der Waals surface area (Å²) in [5, 5.41) is 2.91. The van der Waals surface area contributed by atoms with Crippen LogP contribution in [-0.4, -0.2) is 35.3 Å². The van der Waals surface area contributed by atoms with E-state index in [4.69, 9.17) is 4.74 Å². The maximum Gasteiger partial charge on any atom is 0.325 e. The third kappa shape index (κ3) is 3.13. The van der Waals surface area contributed by atoms with Crippen LogP contribution in [0.2, 0.25) is 0 Å². The topological polar surface area (TPSA) is 75.7 Å². The number of nitrogens with zero attached hydrogens (tertiary/aromatic N) is 1. The molecule has 134 valence electrons. The molecule has 25 heavy (non-hydrogen) atoms. The average Bonchev–Trinajstić information content (AvgIpc) is 2.82. The molecule has 1 aromatic rings. The molecule has 2 aliphatic rings. The molecule has 1 saturated carbocycles. The van der Waals surface area contributed by atoms with Crippen molar-refractivity contribution in [2.45, 2.75) is 51.6 Å². The van der Waals surface area contributed by atoms with Gasteiger partial charge in [0.2, 0.25) is 0 Å². The minimum absolute atomic E-state index is 0.0705. The Balaban J connectivity index is 1.86. The summed E-state index contributed by atoms with van der Waals surface area (Å²) in [5.41, 5.74) is 0.429. The van der Waals surface area contributed by atoms with Gasteiger partial charge in [0, 0.05) is 11.1 Å². The fraction of sp³-hybridized carbons (Fsp3) is 0.526. The lowest BCUT2D eigenvalue weighted by Gasteiger charge is -2.33. The Labute approximate surface area is 147 Å². The second-order valence-corrected chi connectivity index (χ2v) is 7.17. The van der Waals surface area contributed by atoms with Gasteiger partial charge in [-0.1, -0.05) is 6.92 Å². The Hall–Kier alpha value is -2.37. The number of hydrogen-bond acceptors (Lipinski definition) is 4. The molecule has 2 fully saturated rings. The van der Waals surface area contributed by atoms with E-state index in [2.05, 4.69) is 12.2 Å². The second-order valence-electron chi connectivity index (χ2n) is 7.17. The number of ketones is 1. The number of benzene rings is 1. The van der Waals surface area contributed by atoms with Gasteiger partial charge in [-0.25, -0.2) is 4.79 Å². The molecule has 1 heterocycles. The first kappa shape index (κ1) is 17.5. The molecule has 3 rings (SSSR count). The molecule has 6 heteroatoms. The second kappa shape index (κ2) is 6.50. The van der Waals surface area contributed by atoms with Crippen molar-refractivity contribution in [2.24, 2.45) is 5.92 Å². The number of ether oxygens (including phenoxy) is 1. The molecule has 0 unspecified atom stereocenters. The van der Waals surface area contributed by atoms with E-state index < -0.39 is 5.54 Å². The van der Waals surface area contributed by atoms with Crippen LogP contribution in [0.3, 0.4) is 0 Å². The highest BCUT2D eigenvalue weighted by atomic mass is 16.5. The molecule has 0 aromatic heterocycles. The maximum absolute atomic E-state index is 13.0. The Morgan fingerprint density at radius 3 is 2.60 bits per heavy atom. The van der Waals surface area contributed by atoms with Crippen LogP contribution in [-0.2, 0) is 11.3 Å². The molecule has 1 N–H and O–H groups in total. The van der Waals surface area contributed by atoms with E-state index in [1.165, 1.54) is 18.9 Å². The van der Waals surface area contributed by atoms with Crippen molar-refractivity contribution in [3.63, 3.8) is 0 Å². The Morgan fingerprint density at radius 2 is 2.00 bits per heavy atom. The van der Waals surface area contributed by atoms with Gasteiger partial charge >= 0.3 is 6.03 Å². The first-order valence-electron chi connectivity index (χ1n) is 8.68. The smallest absolute Gasteiger partial charge is 0.325 e. The van der Waals surface area contributed by atoms with E-state index in [0.717, 1.165) is 12.8 Å². The summed E-state index contributed by atoms with van der Waals surface area (Å²) in [5.74, 6) is 0.902. The number of urea groups is 1. The Morgan fingerprint density at radius 1 is 1.32 bits per heavy atom.